The molecule has 1 N–H and O–H groups in total. The molecule has 0 fully saturated rings. The summed E-state index contributed by atoms with van der Waals surface area (Å²) in [7, 11) is 1.67. The van der Waals surface area contributed by atoms with Gasteiger partial charge in [-0.05, 0) is 85.0 Å². The van der Waals surface area contributed by atoms with E-state index in [1.54, 1.807) is 7.05 Å². The lowest BCUT2D eigenvalue weighted by atomic mass is 9.93. The monoisotopic (exact) mass is 420 g/mol. The predicted octanol–water partition coefficient (Wildman–Crippen LogP) is 4.85. The van der Waals surface area contributed by atoms with E-state index in [0.717, 1.165) is 30.4 Å². The highest BCUT2D eigenvalue weighted by Crippen LogP contribution is 2.27. The van der Waals surface area contributed by atoms with Crippen molar-refractivity contribution in [3.8, 4) is 23.0 Å². The van der Waals surface area contributed by atoms with Crippen molar-refractivity contribution < 1.29 is 9.32 Å². The standard InChI is InChI=1S/C25H32N4O2/c1-7-18-13-19(11-17(5)21(18)8-9-23(30)26-6)24-28-25(31-29-24)22-12-16(4)20(14-27-22)10-15(2)3/h11-15H,7-10H2,1-6H3,(H,26,30). The van der Waals surface area contributed by atoms with Gasteiger partial charge in [0.25, 0.3) is 5.89 Å². The van der Waals surface area contributed by atoms with Gasteiger partial charge in [-0.25, -0.2) is 0 Å². The molecule has 0 bridgehead atoms. The van der Waals surface area contributed by atoms with Crippen LogP contribution < -0.4 is 5.32 Å². The Hall–Kier alpha value is -3.02. The van der Waals surface area contributed by atoms with Gasteiger partial charge in [0.1, 0.15) is 5.69 Å². The zero-order valence-electron chi connectivity index (χ0n) is 19.4. The second-order valence-corrected chi connectivity index (χ2v) is 8.47. The molecule has 0 aliphatic heterocycles. The van der Waals surface area contributed by atoms with E-state index in [2.05, 4.69) is 67.2 Å². The topological polar surface area (TPSA) is 80.9 Å². The van der Waals surface area contributed by atoms with Gasteiger partial charge in [-0.3, -0.25) is 9.78 Å². The van der Waals surface area contributed by atoms with Crippen LogP contribution in [0.15, 0.2) is 28.9 Å². The van der Waals surface area contributed by atoms with Crippen molar-refractivity contribution in [3.63, 3.8) is 0 Å². The maximum Gasteiger partial charge on any atom is 0.276 e. The number of nitrogens with one attached hydrogen (secondary N) is 1. The number of hydrogen-bond acceptors (Lipinski definition) is 5. The largest absolute Gasteiger partial charge is 0.359 e. The Labute approximate surface area is 184 Å². The van der Waals surface area contributed by atoms with Crippen LogP contribution in [0.4, 0.5) is 0 Å². The zero-order valence-corrected chi connectivity index (χ0v) is 19.4. The molecule has 6 heteroatoms. The van der Waals surface area contributed by atoms with E-state index in [1.165, 1.54) is 22.3 Å². The predicted molar refractivity (Wildman–Crippen MR) is 123 cm³/mol. The second kappa shape index (κ2) is 9.86. The summed E-state index contributed by atoms with van der Waals surface area (Å²) in [6.45, 7) is 10.7. The number of carbonyl (C=O) groups is 1. The number of nitrogens with zero attached hydrogens (tertiary/aromatic N) is 3. The fourth-order valence-electron chi connectivity index (χ4n) is 3.86. The summed E-state index contributed by atoms with van der Waals surface area (Å²) in [5, 5.41) is 6.89. The molecule has 0 aliphatic rings. The molecule has 0 saturated carbocycles. The van der Waals surface area contributed by atoms with Crippen molar-refractivity contribution in [2.24, 2.45) is 5.92 Å². The van der Waals surface area contributed by atoms with Crippen molar-refractivity contribution in [3.05, 3.63) is 52.2 Å². The van der Waals surface area contributed by atoms with Crippen molar-refractivity contribution in [1.29, 1.82) is 0 Å². The third-order valence-corrected chi connectivity index (χ3v) is 5.58. The van der Waals surface area contributed by atoms with Gasteiger partial charge < -0.3 is 9.84 Å². The number of pyridine rings is 1. The van der Waals surface area contributed by atoms with Gasteiger partial charge in [-0.2, -0.15) is 4.98 Å². The quantitative estimate of drug-likeness (QED) is 0.563. The van der Waals surface area contributed by atoms with Gasteiger partial charge in [0.05, 0.1) is 0 Å². The van der Waals surface area contributed by atoms with E-state index in [4.69, 9.17) is 4.52 Å². The van der Waals surface area contributed by atoms with Crippen LogP contribution in [0, 0.1) is 19.8 Å². The van der Waals surface area contributed by atoms with Gasteiger partial charge in [0.15, 0.2) is 0 Å². The third kappa shape index (κ3) is 5.37. The zero-order chi connectivity index (χ0) is 22.5. The molecule has 2 heterocycles. The molecule has 0 radical (unpaired) electrons. The first kappa shape index (κ1) is 22.7. The highest BCUT2D eigenvalue weighted by molar-refractivity contribution is 5.76. The van der Waals surface area contributed by atoms with Crippen LogP contribution in [0.1, 0.15) is 55.0 Å². The SMILES string of the molecule is CCc1cc(-c2noc(-c3cc(C)c(CC(C)C)cn3)n2)cc(C)c1CCC(=O)NC. The molecular weight excluding hydrogens is 388 g/mol. The Kier molecular flexibility index (Phi) is 7.21. The average Bonchev–Trinajstić information content (AvgIpc) is 3.23. The van der Waals surface area contributed by atoms with E-state index in [9.17, 15) is 4.79 Å². The van der Waals surface area contributed by atoms with E-state index >= 15 is 0 Å². The van der Waals surface area contributed by atoms with Crippen molar-refractivity contribution in [2.75, 3.05) is 7.05 Å². The first-order chi connectivity index (χ1) is 14.8. The molecule has 1 amide bonds. The lowest BCUT2D eigenvalue weighted by molar-refractivity contribution is -0.120. The molecule has 0 aliphatic carbocycles. The summed E-state index contributed by atoms with van der Waals surface area (Å²) < 4.78 is 5.54. The van der Waals surface area contributed by atoms with E-state index < -0.39 is 0 Å². The maximum absolute atomic E-state index is 11.7. The van der Waals surface area contributed by atoms with Crippen molar-refractivity contribution >= 4 is 5.91 Å². The van der Waals surface area contributed by atoms with Crippen LogP contribution in [-0.4, -0.2) is 28.1 Å². The summed E-state index contributed by atoms with van der Waals surface area (Å²) >= 11 is 0. The number of aryl methyl sites for hydroxylation is 3. The van der Waals surface area contributed by atoms with E-state index in [1.807, 2.05) is 12.3 Å². The average molecular weight is 421 g/mol. The van der Waals surface area contributed by atoms with Crippen LogP contribution in [0.2, 0.25) is 0 Å². The maximum atomic E-state index is 11.7. The van der Waals surface area contributed by atoms with Crippen LogP contribution in [0.5, 0.6) is 0 Å². The van der Waals surface area contributed by atoms with Crippen LogP contribution >= 0.6 is 0 Å². The van der Waals surface area contributed by atoms with Gasteiger partial charge >= 0.3 is 0 Å². The lowest BCUT2D eigenvalue weighted by Crippen LogP contribution is -2.18. The Bertz CT molecular complexity index is 1070. The highest BCUT2D eigenvalue weighted by Gasteiger charge is 2.16. The molecule has 0 saturated heterocycles. The van der Waals surface area contributed by atoms with Gasteiger partial charge in [-0.15, -0.1) is 0 Å². The second-order valence-electron chi connectivity index (χ2n) is 8.47. The van der Waals surface area contributed by atoms with E-state index in [-0.39, 0.29) is 5.91 Å². The summed E-state index contributed by atoms with van der Waals surface area (Å²) in [6, 6.07) is 6.18. The normalized spacial score (nSPS) is 11.2. The van der Waals surface area contributed by atoms with Crippen LogP contribution in [-0.2, 0) is 24.1 Å². The molecule has 1 aromatic carbocycles. The number of aromatic nitrogens is 3. The molecule has 3 rings (SSSR count). The van der Waals surface area contributed by atoms with Gasteiger partial charge in [-0.1, -0.05) is 25.9 Å². The molecule has 6 nitrogen and oxygen atoms in total. The summed E-state index contributed by atoms with van der Waals surface area (Å²) in [5.74, 6) is 1.61. The molecule has 164 valence electrons. The van der Waals surface area contributed by atoms with Gasteiger partial charge in [0, 0.05) is 25.2 Å². The number of benzene rings is 1. The van der Waals surface area contributed by atoms with Crippen molar-refractivity contribution in [2.45, 2.75) is 60.3 Å². The minimum absolute atomic E-state index is 0.0514. The van der Waals surface area contributed by atoms with E-state index in [0.29, 0.717) is 29.7 Å². The fourth-order valence-corrected chi connectivity index (χ4v) is 3.86. The molecule has 0 atom stereocenters. The molecular formula is C25H32N4O2. The summed E-state index contributed by atoms with van der Waals surface area (Å²) in [4.78, 5) is 20.8. The molecule has 0 spiro atoms. The molecule has 2 aromatic heterocycles. The number of rotatable bonds is 8. The van der Waals surface area contributed by atoms with Crippen molar-refractivity contribution in [1.82, 2.24) is 20.4 Å². The highest BCUT2D eigenvalue weighted by atomic mass is 16.5. The minimum atomic E-state index is 0.0514. The first-order valence-corrected chi connectivity index (χ1v) is 10.9. The number of carbonyl (C=O) groups excluding carboxylic acids is 1. The Morgan fingerprint density at radius 1 is 1.13 bits per heavy atom. The molecule has 3 aromatic rings. The minimum Gasteiger partial charge on any atom is -0.359 e. The Morgan fingerprint density at radius 2 is 1.90 bits per heavy atom. The fraction of sp³-hybridized carbons (Fsp3) is 0.440. The lowest BCUT2D eigenvalue weighted by Gasteiger charge is -2.13. The summed E-state index contributed by atoms with van der Waals surface area (Å²) in [6.07, 6.45) is 4.99. The molecule has 0 unspecified atom stereocenters. The first-order valence-electron chi connectivity index (χ1n) is 10.9. The molecule has 31 heavy (non-hydrogen) atoms. The summed E-state index contributed by atoms with van der Waals surface area (Å²) in [5.41, 5.74) is 7.60. The Balaban J connectivity index is 1.87. The van der Waals surface area contributed by atoms with Gasteiger partial charge in [0.2, 0.25) is 11.7 Å². The van der Waals surface area contributed by atoms with Crippen LogP contribution in [0.3, 0.4) is 0 Å². The smallest absolute Gasteiger partial charge is 0.276 e. The van der Waals surface area contributed by atoms with Crippen LogP contribution in [0.25, 0.3) is 23.0 Å². The number of hydrogen-bond donors (Lipinski definition) is 1. The third-order valence-electron chi connectivity index (χ3n) is 5.58. The number of amides is 1. The Morgan fingerprint density at radius 3 is 2.55 bits per heavy atom.